The smallest absolute Gasteiger partial charge is 0.223 e. The van der Waals surface area contributed by atoms with E-state index in [2.05, 4.69) is 12.1 Å². The Hall–Kier alpha value is -1.06. The minimum Gasteiger partial charge on any atom is -0.394 e. The molecule has 2 aliphatic rings. The Kier molecular flexibility index (Phi) is 4.51. The van der Waals surface area contributed by atoms with E-state index in [0.29, 0.717) is 6.42 Å². The van der Waals surface area contributed by atoms with Crippen LogP contribution < -0.4 is 0 Å². The quantitative estimate of drug-likeness (QED) is 0.869. The second-order valence-electron chi connectivity index (χ2n) is 6.27. The summed E-state index contributed by atoms with van der Waals surface area (Å²) in [5, 5.41) is 9.38. The largest absolute Gasteiger partial charge is 0.394 e. The van der Waals surface area contributed by atoms with Crippen LogP contribution in [0.4, 0.5) is 0 Å². The zero-order valence-corrected chi connectivity index (χ0v) is 12.9. The van der Waals surface area contributed by atoms with Gasteiger partial charge in [0.1, 0.15) is 0 Å². The summed E-state index contributed by atoms with van der Waals surface area (Å²) in [5.74, 6) is 0.421. The second kappa shape index (κ2) is 6.37. The summed E-state index contributed by atoms with van der Waals surface area (Å²) in [6.45, 7) is 0.0845. The van der Waals surface area contributed by atoms with Crippen molar-refractivity contribution in [1.29, 1.82) is 0 Å². The van der Waals surface area contributed by atoms with Crippen molar-refractivity contribution < 1.29 is 9.90 Å². The van der Waals surface area contributed by atoms with Gasteiger partial charge in [0.25, 0.3) is 0 Å². The number of rotatable bonds is 4. The number of carbonyl (C=O) groups is 1. The molecule has 2 fully saturated rings. The molecule has 0 aromatic heterocycles. The summed E-state index contributed by atoms with van der Waals surface area (Å²) < 4.78 is 0. The molecular weight excluding hydrogens is 286 g/mol. The van der Waals surface area contributed by atoms with Gasteiger partial charge >= 0.3 is 0 Å². The van der Waals surface area contributed by atoms with Gasteiger partial charge in [0.2, 0.25) is 5.91 Å². The number of halogens is 1. The third-order valence-electron chi connectivity index (χ3n) is 4.92. The van der Waals surface area contributed by atoms with E-state index in [0.717, 1.165) is 25.7 Å². The lowest BCUT2D eigenvalue weighted by atomic mass is 9.85. The van der Waals surface area contributed by atoms with E-state index in [4.69, 9.17) is 11.6 Å². The lowest BCUT2D eigenvalue weighted by molar-refractivity contribution is -0.139. The summed E-state index contributed by atoms with van der Waals surface area (Å²) in [5.41, 5.74) is 1.23. The van der Waals surface area contributed by atoms with Crippen LogP contribution in [0, 0.1) is 5.92 Å². The number of hydrogen-bond acceptors (Lipinski definition) is 2. The third kappa shape index (κ3) is 3.09. The lowest BCUT2D eigenvalue weighted by Crippen LogP contribution is -2.49. The Morgan fingerprint density at radius 3 is 2.76 bits per heavy atom. The van der Waals surface area contributed by atoms with Gasteiger partial charge < -0.3 is 10.0 Å². The first-order valence-corrected chi connectivity index (χ1v) is 8.22. The summed E-state index contributed by atoms with van der Waals surface area (Å²) in [4.78, 5) is 14.3. The van der Waals surface area contributed by atoms with Crippen LogP contribution >= 0.6 is 11.6 Å². The topological polar surface area (TPSA) is 40.5 Å². The molecule has 3 nitrogen and oxygen atoms in total. The lowest BCUT2D eigenvalue weighted by Gasteiger charge is -2.39. The first-order chi connectivity index (χ1) is 10.2. The molecular formula is C17H22ClNO2. The minimum atomic E-state index is 0.00618. The zero-order chi connectivity index (χ0) is 14.8. The normalized spacial score (nSPS) is 30.3. The molecule has 2 saturated heterocycles. The van der Waals surface area contributed by atoms with E-state index in [-0.39, 0.29) is 35.9 Å². The molecule has 3 unspecified atom stereocenters. The van der Waals surface area contributed by atoms with E-state index >= 15 is 0 Å². The maximum absolute atomic E-state index is 12.4. The van der Waals surface area contributed by atoms with Gasteiger partial charge in [-0.25, -0.2) is 0 Å². The average Bonchev–Trinajstić information content (AvgIpc) is 2.92. The molecule has 1 amide bonds. The number of nitrogens with zero attached hydrogens (tertiary/aromatic N) is 1. The van der Waals surface area contributed by atoms with E-state index < -0.39 is 0 Å². The maximum Gasteiger partial charge on any atom is 0.223 e. The molecule has 1 aromatic rings. The van der Waals surface area contributed by atoms with Gasteiger partial charge in [-0.15, -0.1) is 11.6 Å². The van der Waals surface area contributed by atoms with E-state index in [9.17, 15) is 9.90 Å². The monoisotopic (exact) mass is 307 g/mol. The molecule has 4 heteroatoms. The molecule has 0 aliphatic carbocycles. The fourth-order valence-corrected chi connectivity index (χ4v) is 4.19. The SMILES string of the molecule is O=C1CC(C(Cl)Cc2ccccc2)CC2CC[C@@H](CO)N12. The Bertz CT molecular complexity index is 493. The molecule has 1 aromatic carbocycles. The molecule has 0 bridgehead atoms. The van der Waals surface area contributed by atoms with Crippen LogP contribution in [0.5, 0.6) is 0 Å². The van der Waals surface area contributed by atoms with Crippen LogP contribution in [-0.2, 0) is 11.2 Å². The van der Waals surface area contributed by atoms with Crippen LogP contribution in [0.15, 0.2) is 30.3 Å². The molecule has 114 valence electrons. The van der Waals surface area contributed by atoms with Crippen molar-refractivity contribution in [3.63, 3.8) is 0 Å². The third-order valence-corrected chi connectivity index (χ3v) is 5.43. The fourth-order valence-electron chi connectivity index (χ4n) is 3.82. The first kappa shape index (κ1) is 14.9. The number of alkyl halides is 1. The van der Waals surface area contributed by atoms with E-state index in [1.165, 1.54) is 5.56 Å². The Balaban J connectivity index is 1.64. The number of amides is 1. The van der Waals surface area contributed by atoms with Crippen LogP contribution in [0.1, 0.15) is 31.2 Å². The number of hydrogen-bond donors (Lipinski definition) is 1. The number of benzene rings is 1. The van der Waals surface area contributed by atoms with Gasteiger partial charge in [-0.2, -0.15) is 0 Å². The van der Waals surface area contributed by atoms with Crippen molar-refractivity contribution in [1.82, 2.24) is 4.90 Å². The van der Waals surface area contributed by atoms with Crippen molar-refractivity contribution in [3.8, 4) is 0 Å². The highest BCUT2D eigenvalue weighted by Gasteiger charge is 2.43. The second-order valence-corrected chi connectivity index (χ2v) is 6.83. The van der Waals surface area contributed by atoms with Gasteiger partial charge in [0.15, 0.2) is 0 Å². The number of carbonyl (C=O) groups excluding carboxylic acids is 1. The zero-order valence-electron chi connectivity index (χ0n) is 12.1. The Labute approximate surface area is 130 Å². The number of fused-ring (bicyclic) bond motifs is 1. The standard InChI is InChI=1S/C17H22ClNO2/c18-16(8-12-4-2-1-3-5-12)13-9-14-6-7-15(11-20)19(14)17(21)10-13/h1-5,13-16,20H,6-11H2/t13?,14?,15-,16?/m0/s1. The minimum absolute atomic E-state index is 0.00618. The number of aliphatic hydroxyl groups excluding tert-OH is 1. The van der Waals surface area contributed by atoms with Gasteiger partial charge in [-0.05, 0) is 37.2 Å². The summed E-state index contributed by atoms with van der Waals surface area (Å²) >= 11 is 6.60. The van der Waals surface area contributed by atoms with Crippen LogP contribution in [0.3, 0.4) is 0 Å². The van der Waals surface area contributed by atoms with Crippen LogP contribution in [0.25, 0.3) is 0 Å². The van der Waals surface area contributed by atoms with Gasteiger partial charge in [-0.3, -0.25) is 4.79 Å². The maximum atomic E-state index is 12.4. The average molecular weight is 308 g/mol. The molecule has 0 saturated carbocycles. The van der Waals surface area contributed by atoms with Crippen molar-refractivity contribution in [3.05, 3.63) is 35.9 Å². The summed E-state index contributed by atoms with van der Waals surface area (Å²) in [7, 11) is 0. The van der Waals surface area contributed by atoms with Crippen molar-refractivity contribution in [2.45, 2.75) is 49.6 Å². The van der Waals surface area contributed by atoms with Gasteiger partial charge in [0.05, 0.1) is 12.6 Å². The van der Waals surface area contributed by atoms with Crippen LogP contribution in [-0.4, -0.2) is 40.0 Å². The van der Waals surface area contributed by atoms with Gasteiger partial charge in [0, 0.05) is 17.8 Å². The molecule has 2 heterocycles. The Morgan fingerprint density at radius 1 is 1.29 bits per heavy atom. The van der Waals surface area contributed by atoms with Crippen molar-refractivity contribution >= 4 is 17.5 Å². The predicted octanol–water partition coefficient (Wildman–Crippen LogP) is 2.60. The number of piperidine rings is 1. The first-order valence-electron chi connectivity index (χ1n) is 7.79. The van der Waals surface area contributed by atoms with Crippen LogP contribution in [0.2, 0.25) is 0 Å². The molecule has 3 rings (SSSR count). The predicted molar refractivity (Wildman–Crippen MR) is 83.3 cm³/mol. The van der Waals surface area contributed by atoms with Crippen molar-refractivity contribution in [2.24, 2.45) is 5.92 Å². The summed E-state index contributed by atoms with van der Waals surface area (Å²) in [6.07, 6.45) is 4.24. The highest BCUT2D eigenvalue weighted by atomic mass is 35.5. The van der Waals surface area contributed by atoms with E-state index in [1.807, 2.05) is 23.1 Å². The molecule has 4 atom stereocenters. The molecule has 2 aliphatic heterocycles. The molecule has 1 N–H and O–H groups in total. The summed E-state index contributed by atoms with van der Waals surface area (Å²) in [6, 6.07) is 10.5. The number of aliphatic hydroxyl groups is 1. The molecule has 0 spiro atoms. The van der Waals surface area contributed by atoms with Gasteiger partial charge in [-0.1, -0.05) is 30.3 Å². The highest BCUT2D eigenvalue weighted by molar-refractivity contribution is 6.21. The molecule has 21 heavy (non-hydrogen) atoms. The highest BCUT2D eigenvalue weighted by Crippen LogP contribution is 2.38. The van der Waals surface area contributed by atoms with E-state index in [1.54, 1.807) is 0 Å². The van der Waals surface area contributed by atoms with Crippen molar-refractivity contribution in [2.75, 3.05) is 6.61 Å². The molecule has 0 radical (unpaired) electrons. The Morgan fingerprint density at radius 2 is 2.05 bits per heavy atom. The fraction of sp³-hybridized carbons (Fsp3) is 0.588.